The molecule has 2 atom stereocenters. The highest BCUT2D eigenvalue weighted by Gasteiger charge is 2.28. The van der Waals surface area contributed by atoms with E-state index >= 15 is 0 Å². The normalized spacial score (nSPS) is 32.8. The van der Waals surface area contributed by atoms with Gasteiger partial charge in [-0.1, -0.05) is 19.3 Å². The molecule has 0 aromatic carbocycles. The molecule has 0 bridgehead atoms. The smallest absolute Gasteiger partial charge is 0.309 e. The number of halogens is 1. The van der Waals surface area contributed by atoms with Gasteiger partial charge in [-0.2, -0.15) is 0 Å². The van der Waals surface area contributed by atoms with Crippen molar-refractivity contribution in [3.63, 3.8) is 0 Å². The van der Waals surface area contributed by atoms with Crippen LogP contribution in [0.1, 0.15) is 32.1 Å². The first-order chi connectivity index (χ1) is 5.22. The van der Waals surface area contributed by atoms with Gasteiger partial charge < -0.3 is 5.11 Å². The molecular formula is C8H13FO2. The van der Waals surface area contributed by atoms with Gasteiger partial charge in [0, 0.05) is 0 Å². The topological polar surface area (TPSA) is 37.3 Å². The van der Waals surface area contributed by atoms with Crippen molar-refractivity contribution in [2.45, 2.75) is 38.3 Å². The zero-order valence-electron chi connectivity index (χ0n) is 6.42. The van der Waals surface area contributed by atoms with Gasteiger partial charge in [-0.05, 0) is 12.8 Å². The Morgan fingerprint density at radius 1 is 1.27 bits per heavy atom. The van der Waals surface area contributed by atoms with Crippen molar-refractivity contribution in [3.05, 3.63) is 0 Å². The maximum absolute atomic E-state index is 13.0. The number of alkyl halides is 1. The highest BCUT2D eigenvalue weighted by Crippen LogP contribution is 2.25. The molecule has 0 amide bonds. The molecule has 0 aromatic rings. The Morgan fingerprint density at radius 2 is 1.91 bits per heavy atom. The number of hydrogen-bond acceptors (Lipinski definition) is 1. The Morgan fingerprint density at radius 3 is 2.55 bits per heavy atom. The molecule has 1 N–H and O–H groups in total. The van der Waals surface area contributed by atoms with E-state index in [0.717, 1.165) is 19.3 Å². The zero-order valence-corrected chi connectivity index (χ0v) is 6.42. The Kier molecular flexibility index (Phi) is 2.85. The van der Waals surface area contributed by atoms with E-state index in [-0.39, 0.29) is 0 Å². The number of carbonyl (C=O) groups is 1. The molecule has 0 spiro atoms. The van der Waals surface area contributed by atoms with Crippen LogP contribution in [0.4, 0.5) is 4.39 Å². The zero-order chi connectivity index (χ0) is 8.27. The van der Waals surface area contributed by atoms with Gasteiger partial charge in [-0.15, -0.1) is 0 Å². The van der Waals surface area contributed by atoms with E-state index in [1.807, 2.05) is 0 Å². The molecule has 11 heavy (non-hydrogen) atoms. The van der Waals surface area contributed by atoms with E-state index in [1.54, 1.807) is 0 Å². The summed E-state index contributed by atoms with van der Waals surface area (Å²) in [7, 11) is 0. The highest BCUT2D eigenvalue weighted by atomic mass is 19.1. The van der Waals surface area contributed by atoms with Crippen molar-refractivity contribution < 1.29 is 14.3 Å². The van der Waals surface area contributed by atoms with Gasteiger partial charge in [0.05, 0.1) is 5.92 Å². The van der Waals surface area contributed by atoms with Gasteiger partial charge in [0.1, 0.15) is 6.17 Å². The lowest BCUT2D eigenvalue weighted by atomic mass is 9.99. The lowest BCUT2D eigenvalue weighted by molar-refractivity contribution is -0.144. The third kappa shape index (κ3) is 2.17. The largest absolute Gasteiger partial charge is 0.481 e. The third-order valence-electron chi connectivity index (χ3n) is 2.25. The molecular weight excluding hydrogens is 147 g/mol. The molecule has 0 aliphatic heterocycles. The summed E-state index contributed by atoms with van der Waals surface area (Å²) in [5.41, 5.74) is 0. The minimum absolute atomic E-state index is 0.428. The van der Waals surface area contributed by atoms with Crippen LogP contribution in [0, 0.1) is 5.92 Å². The van der Waals surface area contributed by atoms with Crippen LogP contribution in [-0.4, -0.2) is 17.2 Å². The maximum atomic E-state index is 13.0. The molecule has 3 heteroatoms. The Balaban J connectivity index is 2.52. The first-order valence-corrected chi connectivity index (χ1v) is 4.08. The fraction of sp³-hybridized carbons (Fsp3) is 0.875. The Bertz CT molecular complexity index is 147. The summed E-state index contributed by atoms with van der Waals surface area (Å²) in [6.45, 7) is 0. The van der Waals surface area contributed by atoms with Gasteiger partial charge >= 0.3 is 5.97 Å². The fourth-order valence-corrected chi connectivity index (χ4v) is 1.54. The van der Waals surface area contributed by atoms with Crippen LogP contribution in [-0.2, 0) is 4.79 Å². The average molecular weight is 160 g/mol. The standard InChI is InChI=1S/C8H13FO2/c9-7-5-3-1-2-4-6(7)8(10)11/h6-7H,1-5H2,(H,10,11)/t6-,7-/m1/s1. The van der Waals surface area contributed by atoms with Crippen LogP contribution in [0.25, 0.3) is 0 Å². The minimum atomic E-state index is -1.12. The summed E-state index contributed by atoms with van der Waals surface area (Å²) in [6, 6.07) is 0. The van der Waals surface area contributed by atoms with E-state index in [2.05, 4.69) is 0 Å². The lowest BCUT2D eigenvalue weighted by Gasteiger charge is -2.12. The fourth-order valence-electron chi connectivity index (χ4n) is 1.54. The van der Waals surface area contributed by atoms with Crippen molar-refractivity contribution in [1.29, 1.82) is 0 Å². The predicted octanol–water partition coefficient (Wildman–Crippen LogP) is 1.99. The SMILES string of the molecule is O=C(O)[C@@H]1CCCCC[C@H]1F. The van der Waals surface area contributed by atoms with Gasteiger partial charge in [0.15, 0.2) is 0 Å². The van der Waals surface area contributed by atoms with Crippen molar-refractivity contribution in [2.24, 2.45) is 5.92 Å². The summed E-state index contributed by atoms with van der Waals surface area (Å²) in [5, 5.41) is 8.59. The predicted molar refractivity (Wildman–Crippen MR) is 39.1 cm³/mol. The third-order valence-corrected chi connectivity index (χ3v) is 2.25. The first-order valence-electron chi connectivity index (χ1n) is 4.08. The van der Waals surface area contributed by atoms with Crippen molar-refractivity contribution in [2.75, 3.05) is 0 Å². The van der Waals surface area contributed by atoms with Crippen LogP contribution < -0.4 is 0 Å². The van der Waals surface area contributed by atoms with Gasteiger partial charge in [-0.25, -0.2) is 4.39 Å². The Labute approximate surface area is 65.4 Å². The van der Waals surface area contributed by atoms with Crippen molar-refractivity contribution in [1.82, 2.24) is 0 Å². The van der Waals surface area contributed by atoms with E-state index in [0.29, 0.717) is 12.8 Å². The molecule has 1 aliphatic rings. The van der Waals surface area contributed by atoms with Crippen molar-refractivity contribution in [3.8, 4) is 0 Å². The van der Waals surface area contributed by atoms with E-state index in [4.69, 9.17) is 5.11 Å². The van der Waals surface area contributed by atoms with Crippen LogP contribution in [0.5, 0.6) is 0 Å². The molecule has 2 nitrogen and oxygen atoms in total. The van der Waals surface area contributed by atoms with Crippen LogP contribution in [0.15, 0.2) is 0 Å². The molecule has 0 unspecified atom stereocenters. The second-order valence-corrected chi connectivity index (χ2v) is 3.10. The number of hydrogen-bond donors (Lipinski definition) is 1. The molecule has 1 aliphatic carbocycles. The summed E-state index contributed by atoms with van der Waals surface area (Å²) in [4.78, 5) is 10.5. The summed E-state index contributed by atoms with van der Waals surface area (Å²) >= 11 is 0. The number of aliphatic carboxylic acids is 1. The molecule has 64 valence electrons. The summed E-state index contributed by atoms with van der Waals surface area (Å²) < 4.78 is 13.0. The average Bonchev–Trinajstić information content (AvgIpc) is 2.13. The molecule has 1 saturated carbocycles. The molecule has 0 saturated heterocycles. The second-order valence-electron chi connectivity index (χ2n) is 3.10. The molecule has 0 aromatic heterocycles. The molecule has 0 radical (unpaired) electrons. The van der Waals surface area contributed by atoms with Gasteiger partial charge in [0.25, 0.3) is 0 Å². The molecule has 1 fully saturated rings. The highest BCUT2D eigenvalue weighted by molar-refractivity contribution is 5.70. The first kappa shape index (κ1) is 8.50. The van der Waals surface area contributed by atoms with Crippen molar-refractivity contribution >= 4 is 5.97 Å². The number of carboxylic acids is 1. The second kappa shape index (κ2) is 3.69. The monoisotopic (exact) mass is 160 g/mol. The number of carboxylic acid groups (broad SMARTS) is 1. The minimum Gasteiger partial charge on any atom is -0.481 e. The maximum Gasteiger partial charge on any atom is 0.309 e. The summed E-state index contributed by atoms with van der Waals surface area (Å²) in [5.74, 6) is -1.71. The van der Waals surface area contributed by atoms with E-state index in [1.165, 1.54) is 0 Å². The van der Waals surface area contributed by atoms with Crippen LogP contribution >= 0.6 is 0 Å². The summed E-state index contributed by atoms with van der Waals surface area (Å²) in [6.07, 6.45) is 2.50. The molecule has 0 heterocycles. The number of rotatable bonds is 1. The quantitative estimate of drug-likeness (QED) is 0.595. The lowest BCUT2D eigenvalue weighted by Crippen LogP contribution is -2.23. The van der Waals surface area contributed by atoms with E-state index < -0.39 is 18.1 Å². The Hall–Kier alpha value is -0.600. The van der Waals surface area contributed by atoms with Gasteiger partial charge in [-0.3, -0.25) is 4.79 Å². The van der Waals surface area contributed by atoms with Crippen LogP contribution in [0.3, 0.4) is 0 Å². The van der Waals surface area contributed by atoms with Gasteiger partial charge in [0.2, 0.25) is 0 Å². The van der Waals surface area contributed by atoms with E-state index in [9.17, 15) is 9.18 Å². The molecule has 1 rings (SSSR count). The van der Waals surface area contributed by atoms with Crippen LogP contribution in [0.2, 0.25) is 0 Å².